The van der Waals surface area contributed by atoms with Crippen LogP contribution in [0.15, 0.2) is 35.5 Å². The highest BCUT2D eigenvalue weighted by Gasteiger charge is 2.25. The van der Waals surface area contributed by atoms with Crippen LogP contribution in [0.4, 0.5) is 0 Å². The summed E-state index contributed by atoms with van der Waals surface area (Å²) in [6.45, 7) is 1.88. The summed E-state index contributed by atoms with van der Waals surface area (Å²) in [7, 11) is -3.65. The second kappa shape index (κ2) is 7.37. The molecule has 1 aromatic heterocycles. The Morgan fingerprint density at radius 1 is 1.20 bits per heavy atom. The number of aryl methyl sites for hydroxylation is 1. The minimum atomic E-state index is -3.65. The van der Waals surface area contributed by atoms with Crippen molar-refractivity contribution < 1.29 is 13.5 Å². The molecule has 0 amide bonds. The number of hydrogen-bond acceptors (Lipinski definition) is 5. The summed E-state index contributed by atoms with van der Waals surface area (Å²) in [5.41, 5.74) is 2.09. The smallest absolute Gasteiger partial charge is 0.240 e. The summed E-state index contributed by atoms with van der Waals surface area (Å²) in [5.74, 6) is 0. The molecular formula is C17H20ClN3O3S. The molecule has 2 N–H and O–H groups in total. The molecule has 6 nitrogen and oxygen atoms in total. The van der Waals surface area contributed by atoms with Gasteiger partial charge >= 0.3 is 0 Å². The number of aromatic nitrogens is 2. The van der Waals surface area contributed by atoms with E-state index < -0.39 is 10.0 Å². The van der Waals surface area contributed by atoms with E-state index in [0.717, 1.165) is 5.56 Å². The van der Waals surface area contributed by atoms with E-state index in [1.807, 2.05) is 6.92 Å². The molecule has 0 aliphatic heterocycles. The van der Waals surface area contributed by atoms with Gasteiger partial charge in [-0.05, 0) is 50.3 Å². The van der Waals surface area contributed by atoms with Crippen molar-refractivity contribution in [2.75, 3.05) is 0 Å². The quantitative estimate of drug-likeness (QED) is 0.849. The molecule has 1 aromatic carbocycles. The normalized spacial score (nSPS) is 21.2. The van der Waals surface area contributed by atoms with Crippen molar-refractivity contribution in [3.05, 3.63) is 41.3 Å². The lowest BCUT2D eigenvalue weighted by atomic mass is 9.94. The highest BCUT2D eigenvalue weighted by Crippen LogP contribution is 2.26. The van der Waals surface area contributed by atoms with Crippen molar-refractivity contribution in [2.45, 2.75) is 49.6 Å². The fraction of sp³-hybridized carbons (Fsp3) is 0.412. The summed E-state index contributed by atoms with van der Waals surface area (Å²) in [4.78, 5) is 8.40. The summed E-state index contributed by atoms with van der Waals surface area (Å²) < 4.78 is 28.2. The lowest BCUT2D eigenvalue weighted by Crippen LogP contribution is -2.38. The van der Waals surface area contributed by atoms with Gasteiger partial charge in [0, 0.05) is 11.6 Å². The topological polar surface area (TPSA) is 92.2 Å². The van der Waals surface area contributed by atoms with Gasteiger partial charge in [-0.2, -0.15) is 0 Å². The first-order chi connectivity index (χ1) is 11.8. The Bertz CT molecular complexity index is 865. The third-order valence-electron chi connectivity index (χ3n) is 4.42. The number of hydrogen-bond donors (Lipinski definition) is 2. The summed E-state index contributed by atoms with van der Waals surface area (Å²) in [5, 5.41) is 9.81. The molecule has 3 rings (SSSR count). The SMILES string of the molecule is Cc1ccc(S(=O)(=O)N[C@H]2CC[C@H](O)CC2)cc1-c1cncc(Cl)n1. The van der Waals surface area contributed by atoms with E-state index in [1.54, 1.807) is 24.4 Å². The molecule has 1 saturated carbocycles. The molecule has 134 valence electrons. The number of rotatable bonds is 4. The van der Waals surface area contributed by atoms with Crippen molar-refractivity contribution in [1.29, 1.82) is 0 Å². The van der Waals surface area contributed by atoms with E-state index in [-0.39, 0.29) is 22.2 Å². The number of nitrogens with zero attached hydrogens (tertiary/aromatic N) is 2. The van der Waals surface area contributed by atoms with Crippen molar-refractivity contribution in [2.24, 2.45) is 0 Å². The molecule has 0 radical (unpaired) electrons. The van der Waals surface area contributed by atoms with Crippen LogP contribution in [0.3, 0.4) is 0 Å². The third-order valence-corrected chi connectivity index (χ3v) is 6.12. The van der Waals surface area contributed by atoms with E-state index >= 15 is 0 Å². The summed E-state index contributed by atoms with van der Waals surface area (Å²) in [6.07, 6.45) is 5.17. The van der Waals surface area contributed by atoms with Crippen LogP contribution in [0.25, 0.3) is 11.3 Å². The third kappa shape index (κ3) is 4.36. The monoisotopic (exact) mass is 381 g/mol. The maximum Gasteiger partial charge on any atom is 0.240 e. The Morgan fingerprint density at radius 2 is 1.92 bits per heavy atom. The second-order valence-corrected chi connectivity index (χ2v) is 8.43. The minimum absolute atomic E-state index is 0.149. The van der Waals surface area contributed by atoms with E-state index in [2.05, 4.69) is 14.7 Å². The molecule has 0 atom stereocenters. The zero-order valence-corrected chi connectivity index (χ0v) is 15.4. The van der Waals surface area contributed by atoms with Crippen LogP contribution < -0.4 is 4.72 Å². The first-order valence-corrected chi connectivity index (χ1v) is 10.0. The fourth-order valence-electron chi connectivity index (χ4n) is 3.00. The van der Waals surface area contributed by atoms with Crippen LogP contribution in [0.2, 0.25) is 5.15 Å². The molecule has 2 aromatic rings. The molecule has 1 heterocycles. The molecular weight excluding hydrogens is 362 g/mol. The molecule has 0 saturated heterocycles. The predicted octanol–water partition coefficient (Wildman–Crippen LogP) is 2.69. The summed E-state index contributed by atoms with van der Waals surface area (Å²) in [6, 6.07) is 4.77. The molecule has 1 aliphatic carbocycles. The molecule has 0 bridgehead atoms. The molecule has 1 fully saturated rings. The Balaban J connectivity index is 1.88. The highest BCUT2D eigenvalue weighted by molar-refractivity contribution is 7.89. The Hall–Kier alpha value is -1.54. The molecule has 8 heteroatoms. The first-order valence-electron chi connectivity index (χ1n) is 8.14. The minimum Gasteiger partial charge on any atom is -0.393 e. The van der Waals surface area contributed by atoms with Crippen molar-refractivity contribution in [3.63, 3.8) is 0 Å². The van der Waals surface area contributed by atoms with Crippen LogP contribution in [-0.4, -0.2) is 35.6 Å². The zero-order chi connectivity index (χ0) is 18.0. The van der Waals surface area contributed by atoms with Crippen LogP contribution in [0.1, 0.15) is 31.2 Å². The Labute approximate surface area is 152 Å². The van der Waals surface area contributed by atoms with Gasteiger partial charge in [0.05, 0.1) is 29.1 Å². The molecule has 1 aliphatic rings. The van der Waals surface area contributed by atoms with E-state index in [9.17, 15) is 13.5 Å². The van der Waals surface area contributed by atoms with Crippen LogP contribution in [0, 0.1) is 6.92 Å². The number of nitrogens with one attached hydrogen (secondary N) is 1. The van der Waals surface area contributed by atoms with Crippen LogP contribution >= 0.6 is 11.6 Å². The van der Waals surface area contributed by atoms with Gasteiger partial charge in [-0.25, -0.2) is 18.1 Å². The maximum atomic E-state index is 12.7. The van der Waals surface area contributed by atoms with Crippen molar-refractivity contribution in [1.82, 2.24) is 14.7 Å². The van der Waals surface area contributed by atoms with Crippen molar-refractivity contribution in [3.8, 4) is 11.3 Å². The number of aliphatic hydroxyl groups is 1. The number of benzene rings is 1. The van der Waals surface area contributed by atoms with Gasteiger partial charge in [-0.3, -0.25) is 4.98 Å². The average Bonchev–Trinajstić information content (AvgIpc) is 2.57. The van der Waals surface area contributed by atoms with Crippen molar-refractivity contribution >= 4 is 21.6 Å². The van der Waals surface area contributed by atoms with Crippen LogP contribution in [-0.2, 0) is 10.0 Å². The number of aliphatic hydroxyl groups excluding tert-OH is 1. The maximum absolute atomic E-state index is 12.7. The number of sulfonamides is 1. The Kier molecular flexibility index (Phi) is 5.38. The van der Waals surface area contributed by atoms with Gasteiger partial charge in [-0.1, -0.05) is 17.7 Å². The van der Waals surface area contributed by atoms with Gasteiger partial charge in [0.1, 0.15) is 5.15 Å². The van der Waals surface area contributed by atoms with Crippen LogP contribution in [0.5, 0.6) is 0 Å². The highest BCUT2D eigenvalue weighted by atomic mass is 35.5. The lowest BCUT2D eigenvalue weighted by Gasteiger charge is -2.26. The zero-order valence-electron chi connectivity index (χ0n) is 13.8. The van der Waals surface area contributed by atoms with Gasteiger partial charge in [0.15, 0.2) is 0 Å². The Morgan fingerprint density at radius 3 is 2.60 bits per heavy atom. The largest absolute Gasteiger partial charge is 0.393 e. The first kappa shape index (κ1) is 18.3. The molecule has 0 spiro atoms. The standard InChI is InChI=1S/C17H20ClN3O3S/c1-11-2-7-14(8-15(11)16-9-19-10-17(18)20-16)25(23,24)21-12-3-5-13(22)6-4-12/h2,7-10,12-13,21-22H,3-6H2,1H3/t12-,13-. The van der Waals surface area contributed by atoms with Gasteiger partial charge < -0.3 is 5.11 Å². The van der Waals surface area contributed by atoms with E-state index in [4.69, 9.17) is 11.6 Å². The lowest BCUT2D eigenvalue weighted by molar-refractivity contribution is 0.120. The average molecular weight is 382 g/mol. The molecule has 0 unspecified atom stereocenters. The molecule has 25 heavy (non-hydrogen) atoms. The van der Waals surface area contributed by atoms with Gasteiger partial charge in [-0.15, -0.1) is 0 Å². The number of halogens is 1. The van der Waals surface area contributed by atoms with Gasteiger partial charge in [0.25, 0.3) is 0 Å². The fourth-order valence-corrected chi connectivity index (χ4v) is 4.48. The summed E-state index contributed by atoms with van der Waals surface area (Å²) >= 11 is 5.89. The van der Waals surface area contributed by atoms with E-state index in [0.29, 0.717) is 36.9 Å². The van der Waals surface area contributed by atoms with Gasteiger partial charge in [0.2, 0.25) is 10.0 Å². The predicted molar refractivity (Wildman–Crippen MR) is 95.8 cm³/mol. The second-order valence-electron chi connectivity index (χ2n) is 6.33. The van der Waals surface area contributed by atoms with E-state index in [1.165, 1.54) is 6.20 Å².